The minimum absolute atomic E-state index is 0.101. The zero-order chi connectivity index (χ0) is 26.3. The topological polar surface area (TPSA) is 56.1 Å². The number of amides is 1. The molecule has 0 saturated carbocycles. The predicted molar refractivity (Wildman–Crippen MR) is 134 cm³/mol. The summed E-state index contributed by atoms with van der Waals surface area (Å²) in [5.41, 5.74) is 1.61. The molecule has 0 fully saturated rings. The average molecular weight is 496 g/mol. The fourth-order valence-electron chi connectivity index (χ4n) is 4.03. The molecule has 36 heavy (non-hydrogen) atoms. The molecule has 2 heterocycles. The normalized spacial score (nSPS) is 12.6. The number of ether oxygens (including phenoxy) is 1. The number of halogens is 3. The lowest BCUT2D eigenvalue weighted by Gasteiger charge is -2.30. The van der Waals surface area contributed by atoms with Crippen LogP contribution in [0.25, 0.3) is 28.0 Å². The van der Waals surface area contributed by atoms with E-state index in [1.807, 2.05) is 75.6 Å². The Labute approximate surface area is 207 Å². The first-order valence-electron chi connectivity index (χ1n) is 11.5. The molecule has 188 valence electrons. The molecular formula is C28H28F3N3O2. The predicted octanol–water partition coefficient (Wildman–Crippen LogP) is 6.78. The molecule has 0 spiro atoms. The van der Waals surface area contributed by atoms with Gasteiger partial charge in [0.2, 0.25) is 5.91 Å². The molecule has 1 amide bonds. The van der Waals surface area contributed by atoms with Crippen molar-refractivity contribution in [1.29, 1.82) is 0 Å². The van der Waals surface area contributed by atoms with Gasteiger partial charge in [-0.1, -0.05) is 24.3 Å². The van der Waals surface area contributed by atoms with Crippen LogP contribution in [0.5, 0.6) is 5.75 Å². The van der Waals surface area contributed by atoms with Crippen LogP contribution in [0, 0.1) is 0 Å². The number of nitrogens with one attached hydrogen (secondary N) is 1. The van der Waals surface area contributed by atoms with Gasteiger partial charge < -0.3 is 10.1 Å². The van der Waals surface area contributed by atoms with E-state index in [1.54, 1.807) is 18.3 Å². The zero-order valence-corrected chi connectivity index (χ0v) is 20.8. The lowest BCUT2D eigenvalue weighted by atomic mass is 9.82. The molecule has 4 rings (SSSR count). The van der Waals surface area contributed by atoms with Crippen LogP contribution in [0.2, 0.25) is 0 Å². The third kappa shape index (κ3) is 5.37. The van der Waals surface area contributed by atoms with Crippen LogP contribution in [-0.4, -0.2) is 27.4 Å². The number of nitrogens with zero attached hydrogens (tertiary/aromatic N) is 2. The van der Waals surface area contributed by atoms with E-state index in [9.17, 15) is 18.0 Å². The van der Waals surface area contributed by atoms with Crippen LogP contribution >= 0.6 is 0 Å². The maximum Gasteiger partial charge on any atom is 0.573 e. The molecule has 2 aromatic carbocycles. The highest BCUT2D eigenvalue weighted by molar-refractivity contribution is 5.93. The minimum atomic E-state index is -4.79. The van der Waals surface area contributed by atoms with Gasteiger partial charge in [0.25, 0.3) is 0 Å². The number of aromatic nitrogens is 2. The van der Waals surface area contributed by atoms with Crippen LogP contribution in [0.15, 0.2) is 72.9 Å². The lowest BCUT2D eigenvalue weighted by Crippen LogP contribution is -2.48. The molecule has 0 aliphatic rings. The largest absolute Gasteiger partial charge is 0.573 e. The van der Waals surface area contributed by atoms with E-state index in [0.29, 0.717) is 17.1 Å². The number of benzene rings is 2. The van der Waals surface area contributed by atoms with Gasteiger partial charge in [-0.25, -0.2) is 4.98 Å². The summed E-state index contributed by atoms with van der Waals surface area (Å²) in [6, 6.07) is 18.9. The van der Waals surface area contributed by atoms with Gasteiger partial charge >= 0.3 is 6.36 Å². The molecule has 2 aromatic heterocycles. The highest BCUT2D eigenvalue weighted by Crippen LogP contribution is 2.36. The fraction of sp³-hybridized carbons (Fsp3) is 0.286. The molecule has 0 saturated heterocycles. The second-order valence-electron chi connectivity index (χ2n) is 10.2. The van der Waals surface area contributed by atoms with Gasteiger partial charge in [-0.15, -0.1) is 13.2 Å². The molecule has 4 aromatic rings. The SMILES string of the molecule is CC(C)(C)NC(=O)C(C)(C)c1ccc2c(c1)cc(-c1cccc(OC(F)(F)F)c1)n2-c1ccccn1. The third-order valence-electron chi connectivity index (χ3n) is 5.82. The van der Waals surface area contributed by atoms with Crippen molar-refractivity contribution in [2.45, 2.75) is 51.9 Å². The van der Waals surface area contributed by atoms with Crippen molar-refractivity contribution in [1.82, 2.24) is 14.9 Å². The summed E-state index contributed by atoms with van der Waals surface area (Å²) in [4.78, 5) is 17.5. The van der Waals surface area contributed by atoms with E-state index in [-0.39, 0.29) is 17.2 Å². The molecule has 8 heteroatoms. The van der Waals surface area contributed by atoms with Gasteiger partial charge in [-0.3, -0.25) is 9.36 Å². The maximum atomic E-state index is 13.1. The lowest BCUT2D eigenvalue weighted by molar-refractivity contribution is -0.274. The molecule has 0 aliphatic carbocycles. The van der Waals surface area contributed by atoms with Gasteiger partial charge in [-0.05, 0) is 82.6 Å². The quantitative estimate of drug-likeness (QED) is 0.332. The first-order valence-corrected chi connectivity index (χ1v) is 11.5. The summed E-state index contributed by atoms with van der Waals surface area (Å²) in [5, 5.41) is 3.86. The second kappa shape index (κ2) is 9.00. The monoisotopic (exact) mass is 495 g/mol. The number of pyridine rings is 1. The molecular weight excluding hydrogens is 467 g/mol. The van der Waals surface area contributed by atoms with Crippen LogP contribution < -0.4 is 10.1 Å². The molecule has 0 unspecified atom stereocenters. The Bertz CT molecular complexity index is 1400. The van der Waals surface area contributed by atoms with Gasteiger partial charge in [0.15, 0.2) is 0 Å². The smallest absolute Gasteiger partial charge is 0.406 e. The molecule has 0 aliphatic heterocycles. The van der Waals surface area contributed by atoms with Gasteiger partial charge in [-0.2, -0.15) is 0 Å². The van der Waals surface area contributed by atoms with E-state index < -0.39 is 11.8 Å². The summed E-state index contributed by atoms with van der Waals surface area (Å²) in [6.45, 7) is 9.52. The summed E-state index contributed by atoms with van der Waals surface area (Å²) in [6.07, 6.45) is -3.14. The van der Waals surface area contributed by atoms with Crippen LogP contribution in [-0.2, 0) is 10.2 Å². The Morgan fingerprint density at radius 3 is 2.31 bits per heavy atom. The van der Waals surface area contributed by atoms with Gasteiger partial charge in [0.05, 0.1) is 16.6 Å². The van der Waals surface area contributed by atoms with Gasteiger partial charge in [0, 0.05) is 22.7 Å². The molecule has 0 radical (unpaired) electrons. The van der Waals surface area contributed by atoms with E-state index in [0.717, 1.165) is 16.5 Å². The summed E-state index contributed by atoms with van der Waals surface area (Å²) >= 11 is 0. The van der Waals surface area contributed by atoms with Crippen molar-refractivity contribution in [2.24, 2.45) is 0 Å². The molecule has 0 atom stereocenters. The maximum absolute atomic E-state index is 13.1. The van der Waals surface area contributed by atoms with E-state index in [2.05, 4.69) is 15.0 Å². The van der Waals surface area contributed by atoms with Gasteiger partial charge in [0.1, 0.15) is 11.6 Å². The number of hydrogen-bond donors (Lipinski definition) is 1. The Hall–Kier alpha value is -3.81. The Balaban J connectivity index is 1.87. The van der Waals surface area contributed by atoms with Crippen molar-refractivity contribution < 1.29 is 22.7 Å². The summed E-state index contributed by atoms with van der Waals surface area (Å²) < 4.78 is 44.6. The number of alkyl halides is 3. The van der Waals surface area contributed by atoms with Crippen molar-refractivity contribution in [2.75, 3.05) is 0 Å². The zero-order valence-electron chi connectivity index (χ0n) is 20.8. The van der Waals surface area contributed by atoms with Crippen molar-refractivity contribution >= 4 is 16.8 Å². The van der Waals surface area contributed by atoms with Crippen LogP contribution in [0.4, 0.5) is 13.2 Å². The molecule has 5 nitrogen and oxygen atoms in total. The van der Waals surface area contributed by atoms with Crippen molar-refractivity contribution in [3.8, 4) is 22.8 Å². The molecule has 0 bridgehead atoms. The Morgan fingerprint density at radius 1 is 0.917 bits per heavy atom. The summed E-state index contributed by atoms with van der Waals surface area (Å²) in [5.74, 6) is 0.205. The van der Waals surface area contributed by atoms with E-state index in [1.165, 1.54) is 18.2 Å². The van der Waals surface area contributed by atoms with Crippen LogP contribution in [0.1, 0.15) is 40.2 Å². The average Bonchev–Trinajstić information content (AvgIpc) is 3.16. The van der Waals surface area contributed by atoms with E-state index in [4.69, 9.17) is 0 Å². The van der Waals surface area contributed by atoms with Crippen molar-refractivity contribution in [3.05, 3.63) is 78.5 Å². The number of carbonyl (C=O) groups excluding carboxylic acids is 1. The second-order valence-corrected chi connectivity index (χ2v) is 10.2. The van der Waals surface area contributed by atoms with E-state index >= 15 is 0 Å². The first kappa shape index (κ1) is 25.3. The number of carbonyl (C=O) groups is 1. The highest BCUT2D eigenvalue weighted by Gasteiger charge is 2.33. The fourth-order valence-corrected chi connectivity index (χ4v) is 4.03. The highest BCUT2D eigenvalue weighted by atomic mass is 19.4. The molecule has 1 N–H and O–H groups in total. The summed E-state index contributed by atoms with van der Waals surface area (Å²) in [7, 11) is 0. The van der Waals surface area contributed by atoms with Crippen molar-refractivity contribution in [3.63, 3.8) is 0 Å². The number of fused-ring (bicyclic) bond motifs is 1. The number of hydrogen-bond acceptors (Lipinski definition) is 3. The standard InChI is InChI=1S/C28H28F3N3O2/c1-26(2,3)33-25(35)27(4,5)20-12-13-22-19(15-20)17-23(34(22)24-11-6-7-14-32-24)18-9-8-10-21(16-18)36-28(29,30)31/h6-17H,1-5H3,(H,33,35). The Kier molecular flexibility index (Phi) is 6.32. The number of rotatable bonds is 5. The first-order chi connectivity index (χ1) is 16.7. The van der Waals surface area contributed by atoms with Crippen LogP contribution in [0.3, 0.4) is 0 Å². The third-order valence-corrected chi connectivity index (χ3v) is 5.82. The Morgan fingerprint density at radius 2 is 1.67 bits per heavy atom. The minimum Gasteiger partial charge on any atom is -0.406 e.